The maximum Gasteiger partial charge on any atom is 0.251 e. The number of carbonyl (C=O) groups is 1. The average molecular weight is 329 g/mol. The summed E-state index contributed by atoms with van der Waals surface area (Å²) < 4.78 is 0. The van der Waals surface area contributed by atoms with Crippen molar-refractivity contribution in [3.05, 3.63) is 51.7 Å². The molecular formula is C18H23N3OS. The van der Waals surface area contributed by atoms with Crippen LogP contribution < -0.4 is 11.1 Å². The number of nitrogens with one attached hydrogen (secondary N) is 1. The second-order valence-electron chi connectivity index (χ2n) is 6.15. The fraction of sp³-hybridized carbons (Fsp3) is 0.389. The number of hydrogen-bond donors (Lipinski definition) is 2. The van der Waals surface area contributed by atoms with Crippen molar-refractivity contribution >= 4 is 22.9 Å². The van der Waals surface area contributed by atoms with Gasteiger partial charge in [0.25, 0.3) is 5.91 Å². The van der Waals surface area contributed by atoms with Crippen molar-refractivity contribution in [2.75, 3.05) is 18.8 Å². The summed E-state index contributed by atoms with van der Waals surface area (Å²) in [6.45, 7) is 6.03. The zero-order valence-corrected chi connectivity index (χ0v) is 14.4. The van der Waals surface area contributed by atoms with Crippen LogP contribution in [-0.2, 0) is 6.42 Å². The number of amides is 1. The van der Waals surface area contributed by atoms with Crippen LogP contribution in [-0.4, -0.2) is 29.9 Å². The summed E-state index contributed by atoms with van der Waals surface area (Å²) in [4.78, 5) is 16.1. The van der Waals surface area contributed by atoms with Crippen molar-refractivity contribution in [1.82, 2.24) is 10.2 Å². The summed E-state index contributed by atoms with van der Waals surface area (Å²) in [6, 6.07) is 10.2. The fourth-order valence-electron chi connectivity index (χ4n) is 3.30. The normalized spacial score (nSPS) is 21.0. The summed E-state index contributed by atoms with van der Waals surface area (Å²) in [7, 11) is 0. The van der Waals surface area contributed by atoms with Crippen molar-refractivity contribution in [2.24, 2.45) is 0 Å². The van der Waals surface area contributed by atoms with Crippen molar-refractivity contribution in [1.29, 1.82) is 0 Å². The monoisotopic (exact) mass is 329 g/mol. The van der Waals surface area contributed by atoms with E-state index in [1.54, 1.807) is 24.3 Å². The van der Waals surface area contributed by atoms with Gasteiger partial charge < -0.3 is 11.1 Å². The van der Waals surface area contributed by atoms with Gasteiger partial charge in [0.2, 0.25) is 0 Å². The molecule has 0 unspecified atom stereocenters. The van der Waals surface area contributed by atoms with E-state index in [9.17, 15) is 4.79 Å². The molecule has 0 fully saturated rings. The van der Waals surface area contributed by atoms with E-state index in [0.29, 0.717) is 29.9 Å². The van der Waals surface area contributed by atoms with Crippen molar-refractivity contribution in [3.63, 3.8) is 0 Å². The lowest BCUT2D eigenvalue weighted by Crippen LogP contribution is -2.44. The highest BCUT2D eigenvalue weighted by Crippen LogP contribution is 2.35. The number of nitrogen functional groups attached to an aromatic ring is 1. The minimum atomic E-state index is -0.0425. The minimum absolute atomic E-state index is 0.0425. The van der Waals surface area contributed by atoms with E-state index < -0.39 is 0 Å². The second-order valence-corrected chi connectivity index (χ2v) is 7.10. The van der Waals surface area contributed by atoms with Crippen LogP contribution in [0.4, 0.5) is 5.69 Å². The maximum absolute atomic E-state index is 12.1. The third kappa shape index (κ3) is 3.41. The first kappa shape index (κ1) is 16.0. The van der Waals surface area contributed by atoms with Gasteiger partial charge in [0.15, 0.2) is 0 Å². The number of thiophene rings is 1. The molecule has 2 atom stereocenters. The van der Waals surface area contributed by atoms with Crippen LogP contribution in [0.15, 0.2) is 35.7 Å². The van der Waals surface area contributed by atoms with Crippen molar-refractivity contribution in [3.8, 4) is 0 Å². The molecule has 1 aliphatic heterocycles. The van der Waals surface area contributed by atoms with E-state index in [1.165, 1.54) is 10.4 Å². The Balaban J connectivity index is 1.56. The van der Waals surface area contributed by atoms with Gasteiger partial charge in [0, 0.05) is 41.3 Å². The molecule has 0 spiro atoms. The average Bonchev–Trinajstić information content (AvgIpc) is 2.99. The number of carbonyl (C=O) groups excluding carboxylic acids is 1. The molecule has 0 saturated carbocycles. The highest BCUT2D eigenvalue weighted by molar-refractivity contribution is 7.10. The van der Waals surface area contributed by atoms with Gasteiger partial charge in [-0.05, 0) is 61.5 Å². The van der Waals surface area contributed by atoms with E-state index in [2.05, 4.69) is 35.5 Å². The lowest BCUT2D eigenvalue weighted by Gasteiger charge is -2.38. The van der Waals surface area contributed by atoms with Crippen LogP contribution in [0.3, 0.4) is 0 Å². The summed E-state index contributed by atoms with van der Waals surface area (Å²) >= 11 is 1.84. The zero-order chi connectivity index (χ0) is 16.4. The second kappa shape index (κ2) is 6.72. The molecule has 3 N–H and O–H groups in total. The maximum atomic E-state index is 12.1. The molecule has 4 nitrogen and oxygen atoms in total. The van der Waals surface area contributed by atoms with Gasteiger partial charge in [0.05, 0.1) is 0 Å². The van der Waals surface area contributed by atoms with Gasteiger partial charge in [-0.25, -0.2) is 0 Å². The van der Waals surface area contributed by atoms with Gasteiger partial charge in [-0.2, -0.15) is 0 Å². The van der Waals surface area contributed by atoms with Gasteiger partial charge in [0.1, 0.15) is 0 Å². The Bertz CT molecular complexity index is 680. The van der Waals surface area contributed by atoms with E-state index in [0.717, 1.165) is 13.0 Å². The molecule has 1 aliphatic rings. The lowest BCUT2D eigenvalue weighted by molar-refractivity contribution is 0.0930. The Hall–Kier alpha value is -1.85. The number of fused-ring (bicyclic) bond motifs is 1. The topological polar surface area (TPSA) is 58.4 Å². The SMILES string of the molecule is C[C@@H]1Cc2ccsc2[C@H](C)N1CCNC(=O)c1ccc(N)cc1. The van der Waals surface area contributed by atoms with Crippen molar-refractivity contribution < 1.29 is 4.79 Å². The first-order valence-corrected chi connectivity index (χ1v) is 8.90. The van der Waals surface area contributed by atoms with Crippen LogP contribution in [0.25, 0.3) is 0 Å². The highest BCUT2D eigenvalue weighted by atomic mass is 32.1. The summed E-state index contributed by atoms with van der Waals surface area (Å²) in [6.07, 6.45) is 1.09. The predicted octanol–water partition coefficient (Wildman–Crippen LogP) is 3.07. The third-order valence-electron chi connectivity index (χ3n) is 4.57. The lowest BCUT2D eigenvalue weighted by atomic mass is 9.97. The van der Waals surface area contributed by atoms with Crippen LogP contribution in [0.2, 0.25) is 0 Å². The van der Waals surface area contributed by atoms with Gasteiger partial charge in [-0.1, -0.05) is 0 Å². The van der Waals surface area contributed by atoms with Crippen molar-refractivity contribution in [2.45, 2.75) is 32.4 Å². The predicted molar refractivity (Wildman–Crippen MR) is 95.8 cm³/mol. The van der Waals surface area contributed by atoms with E-state index in [1.807, 2.05) is 11.3 Å². The highest BCUT2D eigenvalue weighted by Gasteiger charge is 2.29. The van der Waals surface area contributed by atoms with E-state index in [4.69, 9.17) is 5.73 Å². The molecule has 0 bridgehead atoms. The van der Waals surface area contributed by atoms with Crippen LogP contribution in [0.1, 0.15) is 40.7 Å². The first-order valence-electron chi connectivity index (χ1n) is 8.02. The molecule has 122 valence electrons. The molecule has 5 heteroatoms. The fourth-order valence-corrected chi connectivity index (χ4v) is 4.31. The standard InChI is InChI=1S/C18H23N3OS/c1-12-11-15-7-10-23-17(15)13(2)21(12)9-8-20-18(22)14-3-5-16(19)6-4-14/h3-7,10,12-13H,8-9,11,19H2,1-2H3,(H,20,22)/t12-,13+/m1/s1. The molecule has 0 saturated heterocycles. The third-order valence-corrected chi connectivity index (χ3v) is 5.70. The van der Waals surface area contributed by atoms with E-state index >= 15 is 0 Å². The number of anilines is 1. The molecule has 2 heterocycles. The molecule has 1 aromatic heterocycles. The molecule has 0 aliphatic carbocycles. The van der Waals surface area contributed by atoms with Gasteiger partial charge >= 0.3 is 0 Å². The van der Waals surface area contributed by atoms with Crippen LogP contribution in [0.5, 0.6) is 0 Å². The quantitative estimate of drug-likeness (QED) is 0.848. The first-order chi connectivity index (χ1) is 11.1. The molecule has 2 aromatic rings. The summed E-state index contributed by atoms with van der Waals surface area (Å²) in [5.74, 6) is -0.0425. The molecule has 1 amide bonds. The Kier molecular flexibility index (Phi) is 4.68. The number of benzene rings is 1. The minimum Gasteiger partial charge on any atom is -0.399 e. The largest absolute Gasteiger partial charge is 0.399 e. The Labute approximate surface area is 141 Å². The number of hydrogen-bond acceptors (Lipinski definition) is 4. The number of nitrogens with two attached hydrogens (primary N) is 1. The molecule has 1 aromatic carbocycles. The molecule has 23 heavy (non-hydrogen) atoms. The molecule has 0 radical (unpaired) electrons. The number of nitrogens with zero attached hydrogens (tertiary/aromatic N) is 1. The molecule has 3 rings (SSSR count). The van der Waals surface area contributed by atoms with Gasteiger partial charge in [-0.3, -0.25) is 9.69 Å². The Morgan fingerprint density at radius 2 is 2.04 bits per heavy atom. The summed E-state index contributed by atoms with van der Waals surface area (Å²) in [5, 5.41) is 5.19. The Morgan fingerprint density at radius 1 is 1.30 bits per heavy atom. The van der Waals surface area contributed by atoms with Gasteiger partial charge in [-0.15, -0.1) is 11.3 Å². The van der Waals surface area contributed by atoms with Crippen LogP contribution >= 0.6 is 11.3 Å². The van der Waals surface area contributed by atoms with E-state index in [-0.39, 0.29) is 5.91 Å². The summed E-state index contributed by atoms with van der Waals surface area (Å²) in [5.41, 5.74) is 8.45. The Morgan fingerprint density at radius 3 is 2.78 bits per heavy atom. The zero-order valence-electron chi connectivity index (χ0n) is 13.6. The van der Waals surface area contributed by atoms with Crippen LogP contribution in [0, 0.1) is 0 Å². The smallest absolute Gasteiger partial charge is 0.251 e. The number of rotatable bonds is 4. The molecular weight excluding hydrogens is 306 g/mol.